The molecule has 0 radical (unpaired) electrons. The quantitative estimate of drug-likeness (QED) is 0.564. The van der Waals surface area contributed by atoms with E-state index < -0.39 is 22.7 Å². The lowest BCUT2D eigenvalue weighted by Gasteiger charge is -2.31. The summed E-state index contributed by atoms with van der Waals surface area (Å²) in [6.45, 7) is 0.767. The topological polar surface area (TPSA) is 40.6 Å². The van der Waals surface area contributed by atoms with Crippen LogP contribution >= 0.6 is 23.2 Å². The Hall–Kier alpha value is -1.77. The second-order valence-corrected chi connectivity index (χ2v) is 9.10. The fourth-order valence-electron chi connectivity index (χ4n) is 3.16. The van der Waals surface area contributed by atoms with Crippen molar-refractivity contribution in [1.29, 1.82) is 0 Å². The van der Waals surface area contributed by atoms with Crippen LogP contribution in [0.15, 0.2) is 47.4 Å². The SMILES string of the molecule is O=C(CN(c1cc(C(F)(F)F)ccc1Cl)S(=O)c1ccc(Cl)cc1)N1CCCCC1. The van der Waals surface area contributed by atoms with Crippen molar-refractivity contribution in [2.45, 2.75) is 30.3 Å². The first kappa shape index (κ1) is 22.9. The highest BCUT2D eigenvalue weighted by Gasteiger charge is 2.33. The van der Waals surface area contributed by atoms with Crippen molar-refractivity contribution in [3.05, 3.63) is 58.1 Å². The fraction of sp³-hybridized carbons (Fsp3) is 0.350. The van der Waals surface area contributed by atoms with Crippen molar-refractivity contribution in [2.24, 2.45) is 0 Å². The molecule has 1 aliphatic heterocycles. The lowest BCUT2D eigenvalue weighted by Crippen LogP contribution is -2.43. The molecule has 0 spiro atoms. The van der Waals surface area contributed by atoms with Crippen LogP contribution in [-0.4, -0.2) is 34.7 Å². The molecule has 4 nitrogen and oxygen atoms in total. The van der Waals surface area contributed by atoms with E-state index in [-0.39, 0.29) is 23.2 Å². The van der Waals surface area contributed by atoms with Gasteiger partial charge in [0.15, 0.2) is 11.0 Å². The molecule has 1 saturated heterocycles. The van der Waals surface area contributed by atoms with Gasteiger partial charge in [0.05, 0.1) is 21.2 Å². The van der Waals surface area contributed by atoms with E-state index in [0.717, 1.165) is 41.8 Å². The Balaban J connectivity index is 1.99. The number of nitrogens with zero attached hydrogens (tertiary/aromatic N) is 2. The number of piperidine rings is 1. The molecule has 0 aromatic heterocycles. The van der Waals surface area contributed by atoms with Crippen LogP contribution in [0.4, 0.5) is 18.9 Å². The summed E-state index contributed by atoms with van der Waals surface area (Å²) in [6.07, 6.45) is -1.88. The van der Waals surface area contributed by atoms with Gasteiger partial charge in [-0.3, -0.25) is 9.10 Å². The molecule has 1 atom stereocenters. The van der Waals surface area contributed by atoms with Crippen LogP contribution in [0, 0.1) is 0 Å². The van der Waals surface area contributed by atoms with E-state index in [4.69, 9.17) is 23.2 Å². The van der Waals surface area contributed by atoms with E-state index in [0.29, 0.717) is 23.0 Å². The van der Waals surface area contributed by atoms with Gasteiger partial charge in [-0.05, 0) is 61.7 Å². The molecule has 1 unspecified atom stereocenters. The lowest BCUT2D eigenvalue weighted by atomic mass is 10.1. The van der Waals surface area contributed by atoms with Gasteiger partial charge in [-0.15, -0.1) is 0 Å². The number of carbonyl (C=O) groups is 1. The maximum Gasteiger partial charge on any atom is 0.416 e. The van der Waals surface area contributed by atoms with E-state index in [1.807, 2.05) is 0 Å². The van der Waals surface area contributed by atoms with E-state index >= 15 is 0 Å². The molecule has 162 valence electrons. The van der Waals surface area contributed by atoms with Crippen LogP contribution in [0.1, 0.15) is 24.8 Å². The molecule has 0 aliphatic carbocycles. The zero-order chi connectivity index (χ0) is 21.9. The van der Waals surface area contributed by atoms with Gasteiger partial charge in [0, 0.05) is 18.1 Å². The monoisotopic (exact) mass is 478 g/mol. The third kappa shape index (κ3) is 5.47. The number of amides is 1. The van der Waals surface area contributed by atoms with Gasteiger partial charge in [0.25, 0.3) is 0 Å². The van der Waals surface area contributed by atoms with E-state index in [2.05, 4.69) is 0 Å². The molecule has 0 N–H and O–H groups in total. The van der Waals surface area contributed by atoms with Gasteiger partial charge in [-0.1, -0.05) is 23.2 Å². The molecule has 1 heterocycles. The van der Waals surface area contributed by atoms with Crippen LogP contribution in [0.2, 0.25) is 10.0 Å². The van der Waals surface area contributed by atoms with E-state index in [1.165, 1.54) is 24.3 Å². The normalized spacial score (nSPS) is 15.7. The van der Waals surface area contributed by atoms with Crippen molar-refractivity contribution in [3.63, 3.8) is 0 Å². The average molecular weight is 479 g/mol. The predicted molar refractivity (Wildman–Crippen MR) is 112 cm³/mol. The van der Waals surface area contributed by atoms with Gasteiger partial charge in [-0.25, -0.2) is 4.21 Å². The average Bonchev–Trinajstić information content (AvgIpc) is 2.72. The highest BCUT2D eigenvalue weighted by atomic mass is 35.5. The molecule has 1 aliphatic rings. The number of hydrogen-bond donors (Lipinski definition) is 0. The predicted octanol–water partition coefficient (Wildman–Crippen LogP) is 5.55. The first-order valence-corrected chi connectivity index (χ1v) is 11.1. The summed E-state index contributed by atoms with van der Waals surface area (Å²) in [7, 11) is -1.98. The molecular formula is C20H19Cl2F3N2O2S. The molecule has 2 aromatic carbocycles. The maximum atomic E-state index is 13.3. The number of rotatable bonds is 5. The van der Waals surface area contributed by atoms with Crippen molar-refractivity contribution in [1.82, 2.24) is 4.90 Å². The van der Waals surface area contributed by atoms with Gasteiger partial charge in [-0.2, -0.15) is 13.2 Å². The summed E-state index contributed by atoms with van der Waals surface area (Å²) in [5.74, 6) is -0.314. The highest BCUT2D eigenvalue weighted by molar-refractivity contribution is 7.86. The minimum absolute atomic E-state index is 0.0308. The summed E-state index contributed by atoms with van der Waals surface area (Å²) in [4.78, 5) is 14.8. The summed E-state index contributed by atoms with van der Waals surface area (Å²) < 4.78 is 54.2. The zero-order valence-electron chi connectivity index (χ0n) is 15.8. The van der Waals surface area contributed by atoms with Crippen molar-refractivity contribution in [3.8, 4) is 0 Å². The summed E-state index contributed by atoms with van der Waals surface area (Å²) in [6, 6.07) is 8.80. The first-order chi connectivity index (χ1) is 14.2. The molecule has 3 rings (SSSR count). The van der Waals surface area contributed by atoms with E-state index in [1.54, 1.807) is 4.90 Å². The van der Waals surface area contributed by atoms with Gasteiger partial charge >= 0.3 is 6.18 Å². The van der Waals surface area contributed by atoms with Crippen LogP contribution in [0.5, 0.6) is 0 Å². The first-order valence-electron chi connectivity index (χ1n) is 9.26. The Labute approximate surface area is 185 Å². The third-order valence-electron chi connectivity index (χ3n) is 4.75. The van der Waals surface area contributed by atoms with Crippen LogP contribution < -0.4 is 4.31 Å². The van der Waals surface area contributed by atoms with Crippen molar-refractivity contribution >= 4 is 45.8 Å². The van der Waals surface area contributed by atoms with Gasteiger partial charge < -0.3 is 4.90 Å². The Morgan fingerprint density at radius 2 is 1.67 bits per heavy atom. The highest BCUT2D eigenvalue weighted by Crippen LogP contribution is 2.36. The minimum Gasteiger partial charge on any atom is -0.341 e. The number of anilines is 1. The number of halogens is 5. The molecule has 10 heteroatoms. The van der Waals surface area contributed by atoms with E-state index in [9.17, 15) is 22.2 Å². The van der Waals surface area contributed by atoms with Gasteiger partial charge in [0.1, 0.15) is 6.54 Å². The van der Waals surface area contributed by atoms with Crippen LogP contribution in [0.25, 0.3) is 0 Å². The molecule has 30 heavy (non-hydrogen) atoms. The van der Waals surface area contributed by atoms with Crippen LogP contribution in [0.3, 0.4) is 0 Å². The second kappa shape index (κ2) is 9.58. The molecular weight excluding hydrogens is 460 g/mol. The molecule has 0 saturated carbocycles. The Morgan fingerprint density at radius 3 is 2.27 bits per heavy atom. The number of likely N-dealkylation sites (tertiary alicyclic amines) is 1. The zero-order valence-corrected chi connectivity index (χ0v) is 18.1. The lowest BCUT2D eigenvalue weighted by molar-refractivity contribution is -0.137. The summed E-state index contributed by atoms with van der Waals surface area (Å²) in [5.41, 5.74) is -1.06. The number of benzene rings is 2. The van der Waals surface area contributed by atoms with Crippen molar-refractivity contribution in [2.75, 3.05) is 23.9 Å². The summed E-state index contributed by atoms with van der Waals surface area (Å²) >= 11 is 12.1. The maximum absolute atomic E-state index is 13.3. The minimum atomic E-state index is -4.61. The number of hydrogen-bond acceptors (Lipinski definition) is 2. The van der Waals surface area contributed by atoms with Gasteiger partial charge in [0.2, 0.25) is 5.91 Å². The Morgan fingerprint density at radius 1 is 1.03 bits per heavy atom. The summed E-state index contributed by atoms with van der Waals surface area (Å²) in [5, 5.41) is 0.389. The largest absolute Gasteiger partial charge is 0.416 e. The third-order valence-corrected chi connectivity index (χ3v) is 6.72. The Kier molecular flexibility index (Phi) is 7.31. The fourth-order valence-corrected chi connectivity index (χ4v) is 4.73. The van der Waals surface area contributed by atoms with Crippen LogP contribution in [-0.2, 0) is 22.0 Å². The standard InChI is InChI=1S/C20H19Cl2F3N2O2S/c21-15-5-7-16(8-6-15)30(29)27(13-19(28)26-10-2-1-3-11-26)18-12-14(20(23,24)25)4-9-17(18)22/h4-9,12H,1-3,10-11,13H2. The second-order valence-electron chi connectivity index (χ2n) is 6.85. The number of alkyl halides is 3. The smallest absolute Gasteiger partial charge is 0.341 e. The molecule has 1 amide bonds. The number of carbonyl (C=O) groups excluding carboxylic acids is 1. The molecule has 1 fully saturated rings. The molecule has 0 bridgehead atoms. The van der Waals surface area contributed by atoms with Crippen molar-refractivity contribution < 1.29 is 22.2 Å². The Bertz CT molecular complexity index is 933. The molecule has 2 aromatic rings.